The van der Waals surface area contributed by atoms with Crippen LogP contribution in [0.2, 0.25) is 10.0 Å². The topological polar surface area (TPSA) is 73.9 Å². The molecule has 1 atom stereocenters. The minimum absolute atomic E-state index is 0.00321. The Kier molecular flexibility index (Phi) is 7.27. The van der Waals surface area contributed by atoms with E-state index in [0.717, 1.165) is 6.20 Å². The Labute approximate surface area is 227 Å². The van der Waals surface area contributed by atoms with Gasteiger partial charge in [0.05, 0.1) is 46.5 Å². The fourth-order valence-electron chi connectivity index (χ4n) is 4.42. The van der Waals surface area contributed by atoms with Crippen molar-refractivity contribution in [3.8, 4) is 6.19 Å². The van der Waals surface area contributed by atoms with E-state index in [1.165, 1.54) is 12.1 Å². The summed E-state index contributed by atoms with van der Waals surface area (Å²) in [5, 5.41) is 10.7. The van der Waals surface area contributed by atoms with E-state index in [1.807, 2.05) is 0 Å². The molecule has 1 saturated heterocycles. The van der Waals surface area contributed by atoms with Crippen LogP contribution in [-0.4, -0.2) is 40.7 Å². The molecule has 1 aromatic carbocycles. The SMILES string of the molecule is CC(C)/C(=N\C#N)N1CC(F)(c2ccc(C3=NOC(c4cc(Cl)c(Cl)c(C(F)(F)F)c4)(C(F)(F)F)C3)cn2)C1. The Hall–Kier alpha value is -3.11. The van der Waals surface area contributed by atoms with E-state index in [4.69, 9.17) is 33.3 Å². The first-order valence-corrected chi connectivity index (χ1v) is 12.0. The van der Waals surface area contributed by atoms with Crippen molar-refractivity contribution < 1.29 is 35.6 Å². The molecular formula is C24H18Cl2F7N5O. The normalized spacial score (nSPS) is 21.4. The molecule has 0 bridgehead atoms. The molecule has 1 fully saturated rings. The molecule has 0 spiro atoms. The van der Waals surface area contributed by atoms with E-state index in [-0.39, 0.29) is 42.0 Å². The molecular weight excluding hydrogens is 578 g/mol. The molecule has 1 aromatic heterocycles. The van der Waals surface area contributed by atoms with Gasteiger partial charge in [-0.15, -0.1) is 0 Å². The minimum Gasteiger partial charge on any atom is -0.374 e. The number of halogens is 9. The molecule has 3 heterocycles. The second kappa shape index (κ2) is 9.82. The number of amidine groups is 1. The van der Waals surface area contributed by atoms with Crippen LogP contribution < -0.4 is 0 Å². The number of oxime groups is 1. The molecule has 2 aromatic rings. The summed E-state index contributed by atoms with van der Waals surface area (Å²) in [6.45, 7) is 3.35. The molecule has 0 aliphatic carbocycles. The van der Waals surface area contributed by atoms with E-state index >= 15 is 4.39 Å². The molecule has 0 radical (unpaired) electrons. The Bertz CT molecular complexity index is 1380. The lowest BCUT2D eigenvalue weighted by Crippen LogP contribution is -2.60. The standard InChI is InChI=1S/C24H18Cl2F7N5O/c1-12(2)20(36-11-34)38-9-21(27,10-38)18-4-3-13(8-35-18)17-7-22(39-37-17,24(31,32)33)14-5-15(23(28,29)30)19(26)16(25)6-14/h3-6,8,12H,7,9-10H2,1-2H3/b36-20+. The van der Waals surface area contributed by atoms with Crippen molar-refractivity contribution >= 4 is 34.7 Å². The van der Waals surface area contributed by atoms with Gasteiger partial charge in [0.25, 0.3) is 5.60 Å². The van der Waals surface area contributed by atoms with Crippen molar-refractivity contribution in [2.45, 2.75) is 43.9 Å². The van der Waals surface area contributed by atoms with Gasteiger partial charge in [-0.25, -0.2) is 4.39 Å². The van der Waals surface area contributed by atoms with Crippen LogP contribution >= 0.6 is 23.2 Å². The van der Waals surface area contributed by atoms with E-state index in [2.05, 4.69) is 15.1 Å². The highest BCUT2D eigenvalue weighted by Gasteiger charge is 2.63. The van der Waals surface area contributed by atoms with Crippen molar-refractivity contribution in [2.24, 2.45) is 16.1 Å². The van der Waals surface area contributed by atoms with Gasteiger partial charge in [-0.2, -0.15) is 36.6 Å². The Balaban J connectivity index is 1.59. The first-order valence-electron chi connectivity index (χ1n) is 11.3. The van der Waals surface area contributed by atoms with Crippen molar-refractivity contribution in [1.29, 1.82) is 5.26 Å². The fourth-order valence-corrected chi connectivity index (χ4v) is 4.85. The monoisotopic (exact) mass is 595 g/mol. The van der Waals surface area contributed by atoms with Crippen LogP contribution in [0.15, 0.2) is 40.6 Å². The Morgan fingerprint density at radius 2 is 1.82 bits per heavy atom. The fraction of sp³-hybridized carbons (Fsp3) is 0.417. The Morgan fingerprint density at radius 1 is 1.15 bits per heavy atom. The first-order chi connectivity index (χ1) is 18.0. The van der Waals surface area contributed by atoms with Crippen LogP contribution in [0.25, 0.3) is 0 Å². The third-order valence-corrected chi connectivity index (χ3v) is 7.23. The number of hydrogen-bond donors (Lipinski definition) is 0. The minimum atomic E-state index is -5.21. The maximum absolute atomic E-state index is 15.4. The highest BCUT2D eigenvalue weighted by Crippen LogP contribution is 2.51. The second-order valence-electron chi connectivity index (χ2n) is 9.43. The summed E-state index contributed by atoms with van der Waals surface area (Å²) in [7, 11) is 0. The third kappa shape index (κ3) is 5.12. The zero-order valence-electron chi connectivity index (χ0n) is 20.1. The number of rotatable bonds is 4. The molecule has 2 aliphatic heterocycles. The summed E-state index contributed by atoms with van der Waals surface area (Å²) < 4.78 is 98.5. The molecule has 208 valence electrons. The summed E-state index contributed by atoms with van der Waals surface area (Å²) in [5.41, 5.74) is -7.87. The van der Waals surface area contributed by atoms with Gasteiger partial charge >= 0.3 is 12.4 Å². The van der Waals surface area contributed by atoms with Crippen molar-refractivity contribution in [1.82, 2.24) is 9.88 Å². The number of aliphatic imine (C=N–C) groups is 1. The lowest BCUT2D eigenvalue weighted by atomic mass is 9.85. The molecule has 15 heteroatoms. The summed E-state index contributed by atoms with van der Waals surface area (Å²) >= 11 is 11.3. The lowest BCUT2D eigenvalue weighted by molar-refractivity contribution is -0.276. The first kappa shape index (κ1) is 28.9. The van der Waals surface area contributed by atoms with Crippen LogP contribution in [0.4, 0.5) is 30.7 Å². The number of nitrogens with zero attached hydrogens (tertiary/aromatic N) is 5. The molecule has 39 heavy (non-hydrogen) atoms. The Morgan fingerprint density at radius 3 is 2.33 bits per heavy atom. The van der Waals surface area contributed by atoms with Gasteiger partial charge in [0.15, 0.2) is 5.67 Å². The molecule has 1 unspecified atom stereocenters. The van der Waals surface area contributed by atoms with Crippen LogP contribution in [0, 0.1) is 17.4 Å². The summed E-state index contributed by atoms with van der Waals surface area (Å²) in [6.07, 6.45) is -8.49. The quantitative estimate of drug-likeness (QED) is 0.165. The van der Waals surface area contributed by atoms with Crippen LogP contribution in [0.5, 0.6) is 0 Å². The number of benzene rings is 1. The number of alkyl halides is 7. The van der Waals surface area contributed by atoms with Gasteiger partial charge in [-0.05, 0) is 24.3 Å². The van der Waals surface area contributed by atoms with E-state index in [0.29, 0.717) is 11.9 Å². The average Bonchev–Trinajstić information content (AvgIpc) is 3.28. The van der Waals surface area contributed by atoms with Crippen molar-refractivity contribution in [2.75, 3.05) is 13.1 Å². The number of aromatic nitrogens is 1. The zero-order valence-corrected chi connectivity index (χ0v) is 21.6. The molecule has 0 N–H and O–H groups in total. The number of hydrogen-bond acceptors (Lipinski definition) is 5. The summed E-state index contributed by atoms with van der Waals surface area (Å²) in [6, 6.07) is 3.46. The molecule has 4 rings (SSSR count). The summed E-state index contributed by atoms with van der Waals surface area (Å²) in [5.74, 6) is 0.292. The van der Waals surface area contributed by atoms with E-state index in [9.17, 15) is 26.3 Å². The summed E-state index contributed by atoms with van der Waals surface area (Å²) in [4.78, 5) is 14.1. The second-order valence-corrected chi connectivity index (χ2v) is 10.2. The maximum Gasteiger partial charge on any atom is 0.435 e. The van der Waals surface area contributed by atoms with Crippen LogP contribution in [0.1, 0.15) is 42.7 Å². The molecule has 2 aliphatic rings. The van der Waals surface area contributed by atoms with Crippen molar-refractivity contribution in [3.05, 3.63) is 62.9 Å². The van der Waals surface area contributed by atoms with Gasteiger partial charge in [-0.3, -0.25) is 4.98 Å². The van der Waals surface area contributed by atoms with Gasteiger partial charge in [0.2, 0.25) is 6.19 Å². The average molecular weight is 596 g/mol. The highest BCUT2D eigenvalue weighted by molar-refractivity contribution is 6.42. The molecule has 6 nitrogen and oxygen atoms in total. The van der Waals surface area contributed by atoms with Gasteiger partial charge in [-0.1, -0.05) is 42.2 Å². The highest BCUT2D eigenvalue weighted by atomic mass is 35.5. The number of pyridine rings is 1. The molecule has 0 saturated carbocycles. The predicted octanol–water partition coefficient (Wildman–Crippen LogP) is 7.01. The van der Waals surface area contributed by atoms with Crippen LogP contribution in [-0.2, 0) is 22.3 Å². The molecule has 0 amide bonds. The van der Waals surface area contributed by atoms with Gasteiger partial charge < -0.3 is 9.74 Å². The van der Waals surface area contributed by atoms with E-state index < -0.39 is 51.2 Å². The lowest BCUT2D eigenvalue weighted by Gasteiger charge is -2.46. The van der Waals surface area contributed by atoms with E-state index in [1.54, 1.807) is 24.9 Å². The van der Waals surface area contributed by atoms with Gasteiger partial charge in [0, 0.05) is 23.2 Å². The smallest absolute Gasteiger partial charge is 0.374 e. The van der Waals surface area contributed by atoms with Crippen LogP contribution in [0.3, 0.4) is 0 Å². The largest absolute Gasteiger partial charge is 0.435 e. The predicted molar refractivity (Wildman–Crippen MR) is 128 cm³/mol. The third-order valence-electron chi connectivity index (χ3n) is 6.43. The zero-order chi connectivity index (χ0) is 29.0. The number of nitriles is 1. The van der Waals surface area contributed by atoms with Gasteiger partial charge in [0.1, 0.15) is 5.84 Å². The maximum atomic E-state index is 15.4. The number of likely N-dealkylation sites (tertiary alicyclic amines) is 1. The van der Waals surface area contributed by atoms with Crippen molar-refractivity contribution in [3.63, 3.8) is 0 Å².